The van der Waals surface area contributed by atoms with Crippen LogP contribution in [0.3, 0.4) is 0 Å². The van der Waals surface area contributed by atoms with Crippen molar-refractivity contribution in [2.24, 2.45) is 0 Å². The Morgan fingerprint density at radius 2 is 2.33 bits per heavy atom. The molecule has 2 fully saturated rings. The Balaban J connectivity index is 1.92. The Morgan fingerprint density at radius 3 is 3.22 bits per heavy atom. The molecule has 52 valence electrons. The van der Waals surface area contributed by atoms with E-state index < -0.39 is 0 Å². The number of fused-ring (bicyclic) bond motifs is 1. The number of nitrogens with zero attached hydrogens (tertiary/aromatic N) is 1. The minimum atomic E-state index is 0.574. The lowest BCUT2D eigenvalue weighted by atomic mass is 10.2. The van der Waals surface area contributed by atoms with E-state index in [4.69, 9.17) is 4.74 Å². The van der Waals surface area contributed by atoms with Crippen LogP contribution in [0.15, 0.2) is 0 Å². The Morgan fingerprint density at radius 1 is 1.44 bits per heavy atom. The molecule has 0 spiro atoms. The minimum Gasteiger partial charge on any atom is -0.368 e. The van der Waals surface area contributed by atoms with Crippen LogP contribution in [0.5, 0.6) is 0 Å². The second kappa shape index (κ2) is 2.19. The molecule has 3 heteroatoms. The standard InChI is InChI=1S/C6H12NOP/c9-7-3-1-2-5-6(4-7)8-5/h5-6H,1-4,9H2. The third-order valence-electron chi connectivity index (χ3n) is 2.04. The van der Waals surface area contributed by atoms with Crippen LogP contribution in [0.2, 0.25) is 0 Å². The summed E-state index contributed by atoms with van der Waals surface area (Å²) in [5.41, 5.74) is 0. The molecule has 0 saturated carbocycles. The lowest BCUT2D eigenvalue weighted by Crippen LogP contribution is -2.16. The predicted octanol–water partition coefficient (Wildman–Crippen LogP) is 0.640. The summed E-state index contributed by atoms with van der Waals surface area (Å²) in [6.45, 7) is 2.34. The summed E-state index contributed by atoms with van der Waals surface area (Å²) in [7, 11) is 2.74. The predicted molar refractivity (Wildman–Crippen MR) is 39.2 cm³/mol. The van der Waals surface area contributed by atoms with E-state index in [0.717, 1.165) is 6.54 Å². The molecule has 2 aliphatic heterocycles. The summed E-state index contributed by atoms with van der Waals surface area (Å²) in [6.07, 6.45) is 3.76. The number of hydrogen-bond donors (Lipinski definition) is 0. The fraction of sp³-hybridized carbons (Fsp3) is 1.00. The van der Waals surface area contributed by atoms with Crippen LogP contribution in [-0.4, -0.2) is 30.0 Å². The molecule has 2 saturated heterocycles. The molecule has 0 aliphatic carbocycles. The molecule has 0 aromatic carbocycles. The van der Waals surface area contributed by atoms with Gasteiger partial charge in [0.1, 0.15) is 0 Å². The zero-order valence-corrected chi connectivity index (χ0v) is 6.57. The monoisotopic (exact) mass is 145 g/mol. The van der Waals surface area contributed by atoms with E-state index in [1.165, 1.54) is 19.4 Å². The number of hydrogen-bond acceptors (Lipinski definition) is 2. The molecule has 2 rings (SSSR count). The first-order valence-corrected chi connectivity index (χ1v) is 4.03. The maximum Gasteiger partial charge on any atom is 0.0971 e. The zero-order chi connectivity index (χ0) is 6.27. The lowest BCUT2D eigenvalue weighted by molar-refractivity contribution is 0.307. The van der Waals surface area contributed by atoms with E-state index in [0.29, 0.717) is 12.2 Å². The number of ether oxygens (including phenoxy) is 1. The topological polar surface area (TPSA) is 15.8 Å². The van der Waals surface area contributed by atoms with Crippen molar-refractivity contribution in [1.82, 2.24) is 4.67 Å². The van der Waals surface area contributed by atoms with E-state index in [1.807, 2.05) is 0 Å². The van der Waals surface area contributed by atoms with Gasteiger partial charge < -0.3 is 4.74 Å². The Kier molecular flexibility index (Phi) is 1.48. The largest absolute Gasteiger partial charge is 0.368 e. The van der Waals surface area contributed by atoms with Crippen molar-refractivity contribution >= 4 is 9.39 Å². The van der Waals surface area contributed by atoms with Crippen LogP contribution in [0.25, 0.3) is 0 Å². The molecule has 2 heterocycles. The van der Waals surface area contributed by atoms with Crippen molar-refractivity contribution < 1.29 is 4.74 Å². The molecule has 2 aliphatic rings. The normalized spacial score (nSPS) is 43.7. The third-order valence-corrected chi connectivity index (χ3v) is 2.51. The molecule has 0 aromatic rings. The van der Waals surface area contributed by atoms with Gasteiger partial charge in [0.05, 0.1) is 12.2 Å². The van der Waals surface area contributed by atoms with Gasteiger partial charge in [-0.15, -0.1) is 0 Å². The second-order valence-electron chi connectivity index (χ2n) is 2.85. The number of rotatable bonds is 0. The van der Waals surface area contributed by atoms with E-state index in [1.54, 1.807) is 0 Å². The quantitative estimate of drug-likeness (QED) is 0.367. The van der Waals surface area contributed by atoms with Crippen LogP contribution in [0, 0.1) is 0 Å². The first-order chi connectivity index (χ1) is 4.36. The molecule has 0 radical (unpaired) electrons. The molecule has 0 N–H and O–H groups in total. The average Bonchev–Trinajstić information content (AvgIpc) is 2.43. The Bertz CT molecular complexity index is 120. The van der Waals surface area contributed by atoms with Gasteiger partial charge in [0.15, 0.2) is 0 Å². The Labute approximate surface area is 57.8 Å². The fourth-order valence-corrected chi connectivity index (χ4v) is 1.80. The molecule has 9 heavy (non-hydrogen) atoms. The van der Waals surface area contributed by atoms with Crippen LogP contribution in [-0.2, 0) is 4.74 Å². The maximum absolute atomic E-state index is 5.37. The van der Waals surface area contributed by atoms with Crippen molar-refractivity contribution in [2.75, 3.05) is 13.1 Å². The average molecular weight is 145 g/mol. The van der Waals surface area contributed by atoms with Crippen molar-refractivity contribution in [3.05, 3.63) is 0 Å². The van der Waals surface area contributed by atoms with Gasteiger partial charge in [-0.05, 0) is 12.8 Å². The molecule has 0 bridgehead atoms. The highest BCUT2D eigenvalue weighted by Gasteiger charge is 2.40. The number of epoxide rings is 1. The SMILES string of the molecule is PN1CCCC2OC2C1. The van der Waals surface area contributed by atoms with Gasteiger partial charge in [-0.2, -0.15) is 0 Å². The highest BCUT2D eigenvalue weighted by atomic mass is 31.0. The van der Waals surface area contributed by atoms with E-state index in [9.17, 15) is 0 Å². The van der Waals surface area contributed by atoms with Crippen molar-refractivity contribution in [3.63, 3.8) is 0 Å². The van der Waals surface area contributed by atoms with Crippen LogP contribution in [0.1, 0.15) is 12.8 Å². The summed E-state index contributed by atoms with van der Waals surface area (Å²) in [6, 6.07) is 0. The smallest absolute Gasteiger partial charge is 0.0971 e. The van der Waals surface area contributed by atoms with Gasteiger partial charge >= 0.3 is 0 Å². The fourth-order valence-electron chi connectivity index (χ4n) is 1.41. The molecule has 0 amide bonds. The van der Waals surface area contributed by atoms with Gasteiger partial charge in [-0.3, -0.25) is 4.67 Å². The first-order valence-electron chi connectivity index (χ1n) is 3.51. The lowest BCUT2D eigenvalue weighted by Gasteiger charge is -2.11. The summed E-state index contributed by atoms with van der Waals surface area (Å²) in [5.74, 6) is 0. The van der Waals surface area contributed by atoms with Crippen LogP contribution < -0.4 is 0 Å². The highest BCUT2D eigenvalue weighted by Crippen LogP contribution is 2.31. The minimum absolute atomic E-state index is 0.574. The van der Waals surface area contributed by atoms with Gasteiger partial charge in [0.2, 0.25) is 0 Å². The Hall–Kier alpha value is 0.350. The second-order valence-corrected chi connectivity index (χ2v) is 3.58. The molecule has 0 aromatic heterocycles. The molecule has 3 atom stereocenters. The van der Waals surface area contributed by atoms with Crippen LogP contribution in [0.4, 0.5) is 0 Å². The summed E-state index contributed by atoms with van der Waals surface area (Å²) in [5, 5.41) is 0. The van der Waals surface area contributed by atoms with E-state index in [-0.39, 0.29) is 0 Å². The van der Waals surface area contributed by atoms with E-state index >= 15 is 0 Å². The molecule has 2 nitrogen and oxygen atoms in total. The summed E-state index contributed by atoms with van der Waals surface area (Å²) in [4.78, 5) is 0. The van der Waals surface area contributed by atoms with E-state index in [2.05, 4.69) is 14.1 Å². The molecular formula is C6H12NOP. The van der Waals surface area contributed by atoms with Crippen molar-refractivity contribution in [1.29, 1.82) is 0 Å². The highest BCUT2D eigenvalue weighted by molar-refractivity contribution is 7.13. The third kappa shape index (κ3) is 1.26. The van der Waals surface area contributed by atoms with Gasteiger partial charge in [-0.1, -0.05) is 9.39 Å². The van der Waals surface area contributed by atoms with Gasteiger partial charge in [-0.25, -0.2) is 0 Å². The zero-order valence-electron chi connectivity index (χ0n) is 5.42. The van der Waals surface area contributed by atoms with Crippen molar-refractivity contribution in [3.8, 4) is 0 Å². The van der Waals surface area contributed by atoms with Gasteiger partial charge in [0, 0.05) is 13.1 Å². The first kappa shape index (κ1) is 6.09. The molecular weight excluding hydrogens is 133 g/mol. The van der Waals surface area contributed by atoms with Crippen molar-refractivity contribution in [2.45, 2.75) is 25.0 Å². The molecule has 3 unspecified atom stereocenters. The summed E-state index contributed by atoms with van der Waals surface area (Å²) >= 11 is 0. The van der Waals surface area contributed by atoms with Gasteiger partial charge in [0.25, 0.3) is 0 Å². The maximum atomic E-state index is 5.37. The summed E-state index contributed by atoms with van der Waals surface area (Å²) < 4.78 is 7.65. The van der Waals surface area contributed by atoms with Crippen LogP contribution >= 0.6 is 9.39 Å².